The van der Waals surface area contributed by atoms with Crippen molar-refractivity contribution < 1.29 is 19.1 Å². The van der Waals surface area contributed by atoms with Crippen LogP contribution in [0.1, 0.15) is 16.7 Å². The first-order chi connectivity index (χ1) is 17.0. The second-order valence-corrected chi connectivity index (χ2v) is 8.16. The first kappa shape index (κ1) is 23.9. The molecule has 3 aromatic carbocycles. The smallest absolute Gasteiger partial charge is 0.265 e. The Balaban J connectivity index is 1.61. The van der Waals surface area contributed by atoms with E-state index in [4.69, 9.17) is 21.7 Å². The van der Waals surface area contributed by atoms with Gasteiger partial charge in [-0.3, -0.25) is 19.8 Å². The Labute approximate surface area is 209 Å². The molecule has 7 heteroatoms. The van der Waals surface area contributed by atoms with Crippen molar-refractivity contribution in [3.63, 3.8) is 0 Å². The molecule has 1 N–H and O–H groups in total. The minimum atomic E-state index is -0.545. The molecule has 1 fully saturated rings. The number of nitrogens with zero attached hydrogens (tertiary/aromatic N) is 1. The van der Waals surface area contributed by atoms with Crippen molar-refractivity contribution in [2.24, 2.45) is 0 Å². The van der Waals surface area contributed by atoms with Gasteiger partial charge in [-0.1, -0.05) is 72.8 Å². The zero-order valence-electron chi connectivity index (χ0n) is 19.0. The fraction of sp³-hybridized carbons (Fsp3) is 0.107. The Hall–Kier alpha value is -4.23. The lowest BCUT2D eigenvalue weighted by atomic mass is 10.1. The van der Waals surface area contributed by atoms with Crippen molar-refractivity contribution in [2.75, 3.05) is 6.54 Å². The maximum absolute atomic E-state index is 12.9. The average Bonchev–Trinajstić information content (AvgIpc) is 2.88. The van der Waals surface area contributed by atoms with Gasteiger partial charge in [-0.15, -0.1) is 6.58 Å². The van der Waals surface area contributed by atoms with Gasteiger partial charge in [0.2, 0.25) is 0 Å². The summed E-state index contributed by atoms with van der Waals surface area (Å²) in [7, 11) is 0. The molecule has 1 heterocycles. The van der Waals surface area contributed by atoms with Crippen molar-refractivity contribution in [3.8, 4) is 11.5 Å². The van der Waals surface area contributed by atoms with Gasteiger partial charge in [0, 0.05) is 6.54 Å². The largest absolute Gasteiger partial charge is 0.485 e. The van der Waals surface area contributed by atoms with E-state index in [1.54, 1.807) is 24.3 Å². The van der Waals surface area contributed by atoms with E-state index in [9.17, 15) is 9.59 Å². The van der Waals surface area contributed by atoms with E-state index >= 15 is 0 Å². The molecule has 0 atom stereocenters. The Kier molecular flexibility index (Phi) is 7.70. The van der Waals surface area contributed by atoms with Gasteiger partial charge >= 0.3 is 0 Å². The maximum Gasteiger partial charge on any atom is 0.265 e. The summed E-state index contributed by atoms with van der Waals surface area (Å²) >= 11 is 5.11. The van der Waals surface area contributed by atoms with E-state index in [2.05, 4.69) is 11.9 Å². The van der Waals surface area contributed by atoms with E-state index in [-0.39, 0.29) is 17.2 Å². The van der Waals surface area contributed by atoms with Crippen molar-refractivity contribution in [1.29, 1.82) is 0 Å². The SMILES string of the molecule is C=CCN1C(=O)C(=Cc2ccc(OCc3ccccc3)c(OCc3ccccc3)c2)C(=O)NC1=S. The lowest BCUT2D eigenvalue weighted by Crippen LogP contribution is -2.53. The Morgan fingerprint density at radius 3 is 2.06 bits per heavy atom. The normalized spacial score (nSPS) is 14.6. The maximum atomic E-state index is 12.9. The summed E-state index contributed by atoms with van der Waals surface area (Å²) in [6, 6.07) is 24.9. The van der Waals surface area contributed by atoms with Gasteiger partial charge < -0.3 is 9.47 Å². The van der Waals surface area contributed by atoms with Crippen LogP contribution in [-0.2, 0) is 22.8 Å². The van der Waals surface area contributed by atoms with Crippen LogP contribution in [0.25, 0.3) is 6.08 Å². The third-order valence-electron chi connectivity index (χ3n) is 5.25. The number of ether oxygens (including phenoxy) is 2. The molecule has 0 spiro atoms. The van der Waals surface area contributed by atoms with Gasteiger partial charge in [0.25, 0.3) is 11.8 Å². The Morgan fingerprint density at radius 2 is 1.46 bits per heavy atom. The third-order valence-corrected chi connectivity index (χ3v) is 5.57. The minimum Gasteiger partial charge on any atom is -0.485 e. The quantitative estimate of drug-likeness (QED) is 0.207. The summed E-state index contributed by atoms with van der Waals surface area (Å²) in [5.74, 6) is 0.0355. The fourth-order valence-electron chi connectivity index (χ4n) is 3.47. The summed E-state index contributed by atoms with van der Waals surface area (Å²) in [6.07, 6.45) is 3.07. The molecular formula is C28H24N2O4S. The number of hydrogen-bond acceptors (Lipinski definition) is 5. The number of carbonyl (C=O) groups is 2. The summed E-state index contributed by atoms with van der Waals surface area (Å²) < 4.78 is 12.1. The van der Waals surface area contributed by atoms with Gasteiger partial charge in [0.15, 0.2) is 16.6 Å². The van der Waals surface area contributed by atoms with Crippen LogP contribution in [-0.4, -0.2) is 28.4 Å². The molecule has 2 amide bonds. The standard InChI is InChI=1S/C28H24N2O4S/c1-2-15-30-27(32)23(26(31)29-28(30)35)16-22-13-14-24(33-18-20-9-5-3-6-10-20)25(17-22)34-19-21-11-7-4-8-12-21/h2-14,16-17H,1,15,18-19H2,(H,29,31,35). The highest BCUT2D eigenvalue weighted by atomic mass is 32.1. The van der Waals surface area contributed by atoms with Crippen molar-refractivity contribution in [3.05, 3.63) is 114 Å². The minimum absolute atomic E-state index is 0.0209. The zero-order valence-corrected chi connectivity index (χ0v) is 19.8. The highest BCUT2D eigenvalue weighted by Gasteiger charge is 2.32. The number of amides is 2. The predicted molar refractivity (Wildman–Crippen MR) is 139 cm³/mol. The Morgan fingerprint density at radius 1 is 0.857 bits per heavy atom. The Bertz CT molecular complexity index is 1270. The first-order valence-corrected chi connectivity index (χ1v) is 11.4. The molecule has 0 unspecified atom stereocenters. The molecule has 1 aliphatic rings. The van der Waals surface area contributed by atoms with Crippen molar-refractivity contribution >= 4 is 35.2 Å². The number of benzene rings is 3. The van der Waals surface area contributed by atoms with Crippen LogP contribution in [0.15, 0.2) is 97.1 Å². The molecule has 0 aliphatic carbocycles. The number of thiocarbonyl (C=S) groups is 1. The molecule has 6 nitrogen and oxygen atoms in total. The van der Waals surface area contributed by atoms with Crippen LogP contribution in [0.4, 0.5) is 0 Å². The first-order valence-electron chi connectivity index (χ1n) is 11.0. The average molecular weight is 485 g/mol. The summed E-state index contributed by atoms with van der Waals surface area (Å²) in [5, 5.41) is 2.62. The second kappa shape index (κ2) is 11.3. The van der Waals surface area contributed by atoms with E-state index in [1.807, 2.05) is 60.7 Å². The monoisotopic (exact) mass is 484 g/mol. The molecule has 0 bridgehead atoms. The molecule has 176 valence electrons. The van der Waals surface area contributed by atoms with E-state index in [0.29, 0.717) is 30.3 Å². The lowest BCUT2D eigenvalue weighted by Gasteiger charge is -2.27. The highest BCUT2D eigenvalue weighted by molar-refractivity contribution is 7.80. The van der Waals surface area contributed by atoms with Crippen LogP contribution < -0.4 is 14.8 Å². The number of carbonyl (C=O) groups excluding carboxylic acids is 2. The predicted octanol–water partition coefficient (Wildman–Crippen LogP) is 4.66. The number of nitrogens with one attached hydrogen (secondary N) is 1. The van der Waals surface area contributed by atoms with Gasteiger partial charge in [0.05, 0.1) is 0 Å². The van der Waals surface area contributed by atoms with Crippen molar-refractivity contribution in [1.82, 2.24) is 10.2 Å². The molecule has 1 aliphatic heterocycles. The molecule has 1 saturated heterocycles. The van der Waals surface area contributed by atoms with Crippen LogP contribution in [0.5, 0.6) is 11.5 Å². The molecule has 0 aromatic heterocycles. The van der Waals surface area contributed by atoms with Gasteiger partial charge in [-0.2, -0.15) is 0 Å². The molecule has 0 saturated carbocycles. The van der Waals surface area contributed by atoms with E-state index in [1.165, 1.54) is 11.0 Å². The van der Waals surface area contributed by atoms with E-state index in [0.717, 1.165) is 11.1 Å². The molecule has 4 rings (SSSR count). The molecule has 3 aromatic rings. The second-order valence-electron chi connectivity index (χ2n) is 7.78. The van der Waals surface area contributed by atoms with Gasteiger partial charge in [-0.25, -0.2) is 0 Å². The van der Waals surface area contributed by atoms with Gasteiger partial charge in [0.1, 0.15) is 18.8 Å². The summed E-state index contributed by atoms with van der Waals surface area (Å²) in [4.78, 5) is 26.7. The number of hydrogen-bond donors (Lipinski definition) is 1. The topological polar surface area (TPSA) is 67.9 Å². The van der Waals surface area contributed by atoms with Crippen LogP contribution in [0.3, 0.4) is 0 Å². The zero-order chi connectivity index (χ0) is 24.6. The summed E-state index contributed by atoms with van der Waals surface area (Å²) in [6.45, 7) is 4.55. The lowest BCUT2D eigenvalue weighted by molar-refractivity contribution is -0.128. The molecular weight excluding hydrogens is 460 g/mol. The van der Waals surface area contributed by atoms with Crippen LogP contribution in [0, 0.1) is 0 Å². The highest BCUT2D eigenvalue weighted by Crippen LogP contribution is 2.31. The van der Waals surface area contributed by atoms with Gasteiger partial charge in [-0.05, 0) is 47.1 Å². The van der Waals surface area contributed by atoms with Crippen LogP contribution in [0.2, 0.25) is 0 Å². The van der Waals surface area contributed by atoms with E-state index < -0.39 is 11.8 Å². The summed E-state index contributed by atoms with van der Waals surface area (Å²) in [5.41, 5.74) is 2.62. The molecule has 35 heavy (non-hydrogen) atoms. The third kappa shape index (κ3) is 6.02. The number of rotatable bonds is 9. The van der Waals surface area contributed by atoms with Crippen molar-refractivity contribution in [2.45, 2.75) is 13.2 Å². The fourth-order valence-corrected chi connectivity index (χ4v) is 3.72. The molecule has 0 radical (unpaired) electrons. The van der Waals surface area contributed by atoms with Crippen LogP contribution >= 0.6 is 12.2 Å².